The summed E-state index contributed by atoms with van der Waals surface area (Å²) in [6.45, 7) is 2.42. The molecule has 0 saturated carbocycles. The second-order valence-electron chi connectivity index (χ2n) is 3.43. The van der Waals surface area contributed by atoms with Gasteiger partial charge >= 0.3 is 0 Å². The smallest absolute Gasteiger partial charge is 0.144 e. The Morgan fingerprint density at radius 1 is 1.50 bits per heavy atom. The van der Waals surface area contributed by atoms with Gasteiger partial charge in [-0.15, -0.1) is 0 Å². The first-order valence-corrected chi connectivity index (χ1v) is 5.03. The summed E-state index contributed by atoms with van der Waals surface area (Å²) >= 11 is 0. The second kappa shape index (κ2) is 6.09. The quantitative estimate of drug-likeness (QED) is 0.770. The van der Waals surface area contributed by atoms with Gasteiger partial charge in [0, 0.05) is 20.1 Å². The van der Waals surface area contributed by atoms with E-state index in [9.17, 15) is 4.39 Å². The molecule has 0 aromatic heterocycles. The molecule has 1 unspecified atom stereocenters. The Hall–Kier alpha value is -1.60. The molecule has 16 heavy (non-hydrogen) atoms. The van der Waals surface area contributed by atoms with Gasteiger partial charge in [0.05, 0.1) is 6.10 Å². The zero-order valence-electron chi connectivity index (χ0n) is 9.37. The highest BCUT2D eigenvalue weighted by molar-refractivity contribution is 5.43. The number of ether oxygens (including phenoxy) is 2. The van der Waals surface area contributed by atoms with E-state index in [-0.39, 0.29) is 17.4 Å². The van der Waals surface area contributed by atoms with E-state index >= 15 is 0 Å². The van der Waals surface area contributed by atoms with Crippen molar-refractivity contribution < 1.29 is 13.9 Å². The molecule has 1 rings (SSSR count). The Bertz CT molecular complexity index is 387. The third kappa shape index (κ3) is 3.21. The topological polar surface area (TPSA) is 42.2 Å². The maximum absolute atomic E-state index is 13.2. The summed E-state index contributed by atoms with van der Waals surface area (Å²) in [7, 11) is 1.61. The molecule has 0 radical (unpaired) electrons. The molecule has 0 N–H and O–H groups in total. The van der Waals surface area contributed by atoms with Crippen molar-refractivity contribution in [3.63, 3.8) is 0 Å². The zero-order chi connectivity index (χ0) is 12.0. The lowest BCUT2D eigenvalue weighted by Gasteiger charge is -2.15. The minimum absolute atomic E-state index is 0.0493. The molecular weight excluding hydrogens is 209 g/mol. The molecule has 0 saturated heterocycles. The van der Waals surface area contributed by atoms with Crippen molar-refractivity contribution in [3.05, 3.63) is 29.6 Å². The molecule has 0 aliphatic rings. The van der Waals surface area contributed by atoms with Crippen LogP contribution in [0.15, 0.2) is 18.2 Å². The van der Waals surface area contributed by atoms with Gasteiger partial charge in [0.2, 0.25) is 0 Å². The van der Waals surface area contributed by atoms with Crippen LogP contribution in [0.3, 0.4) is 0 Å². The number of nitrogens with zero attached hydrogens (tertiary/aromatic N) is 1. The molecule has 1 aromatic carbocycles. The van der Waals surface area contributed by atoms with Crippen molar-refractivity contribution in [2.24, 2.45) is 0 Å². The average Bonchev–Trinajstić information content (AvgIpc) is 2.27. The van der Waals surface area contributed by atoms with E-state index in [0.29, 0.717) is 13.0 Å². The molecule has 1 atom stereocenters. The van der Waals surface area contributed by atoms with Crippen LogP contribution in [0.5, 0.6) is 5.75 Å². The summed E-state index contributed by atoms with van der Waals surface area (Å²) in [5.41, 5.74) is -0.0493. The van der Waals surface area contributed by atoms with E-state index in [1.165, 1.54) is 12.1 Å². The SMILES string of the molecule is COCCC(C)Oc1cccc(F)c1C#N. The third-order valence-corrected chi connectivity index (χ3v) is 2.14. The Labute approximate surface area is 94.4 Å². The fraction of sp³-hybridized carbons (Fsp3) is 0.417. The lowest BCUT2D eigenvalue weighted by Crippen LogP contribution is -2.15. The van der Waals surface area contributed by atoms with E-state index in [1.54, 1.807) is 19.2 Å². The predicted molar refractivity (Wildman–Crippen MR) is 57.7 cm³/mol. The number of methoxy groups -OCH3 is 1. The van der Waals surface area contributed by atoms with Crippen LogP contribution in [-0.2, 0) is 4.74 Å². The Balaban J connectivity index is 2.74. The van der Waals surface area contributed by atoms with Crippen molar-refractivity contribution >= 4 is 0 Å². The maximum atomic E-state index is 13.2. The van der Waals surface area contributed by atoms with Crippen LogP contribution >= 0.6 is 0 Å². The highest BCUT2D eigenvalue weighted by atomic mass is 19.1. The third-order valence-electron chi connectivity index (χ3n) is 2.14. The van der Waals surface area contributed by atoms with E-state index < -0.39 is 5.82 Å². The summed E-state index contributed by atoms with van der Waals surface area (Å²) < 4.78 is 23.6. The van der Waals surface area contributed by atoms with Crippen LogP contribution in [-0.4, -0.2) is 19.8 Å². The molecule has 0 amide bonds. The van der Waals surface area contributed by atoms with Gasteiger partial charge in [0.15, 0.2) is 0 Å². The Kier molecular flexibility index (Phi) is 4.74. The van der Waals surface area contributed by atoms with Gasteiger partial charge in [-0.3, -0.25) is 0 Å². The number of hydrogen-bond acceptors (Lipinski definition) is 3. The van der Waals surface area contributed by atoms with E-state index in [4.69, 9.17) is 14.7 Å². The van der Waals surface area contributed by atoms with Gasteiger partial charge in [-0.25, -0.2) is 4.39 Å². The Morgan fingerprint density at radius 3 is 2.88 bits per heavy atom. The number of halogens is 1. The Morgan fingerprint density at radius 2 is 2.25 bits per heavy atom. The second-order valence-corrected chi connectivity index (χ2v) is 3.43. The van der Waals surface area contributed by atoms with Crippen LogP contribution in [0, 0.1) is 17.1 Å². The van der Waals surface area contributed by atoms with Crippen LogP contribution in [0.1, 0.15) is 18.9 Å². The highest BCUT2D eigenvalue weighted by Crippen LogP contribution is 2.22. The molecule has 0 aliphatic carbocycles. The molecule has 3 nitrogen and oxygen atoms in total. The summed E-state index contributed by atoms with van der Waals surface area (Å²) in [6.07, 6.45) is 0.576. The van der Waals surface area contributed by atoms with Gasteiger partial charge < -0.3 is 9.47 Å². The van der Waals surface area contributed by atoms with Crippen molar-refractivity contribution in [1.29, 1.82) is 5.26 Å². The molecule has 0 heterocycles. The maximum Gasteiger partial charge on any atom is 0.144 e. The first-order valence-electron chi connectivity index (χ1n) is 5.03. The molecule has 0 aliphatic heterocycles. The van der Waals surface area contributed by atoms with Crippen molar-refractivity contribution in [1.82, 2.24) is 0 Å². The van der Waals surface area contributed by atoms with Crippen LogP contribution in [0.4, 0.5) is 4.39 Å². The number of rotatable bonds is 5. The van der Waals surface area contributed by atoms with Crippen molar-refractivity contribution in [3.8, 4) is 11.8 Å². The first kappa shape index (κ1) is 12.5. The van der Waals surface area contributed by atoms with Crippen molar-refractivity contribution in [2.75, 3.05) is 13.7 Å². The molecule has 0 bridgehead atoms. The highest BCUT2D eigenvalue weighted by Gasteiger charge is 2.11. The molecule has 1 aromatic rings. The number of hydrogen-bond donors (Lipinski definition) is 0. The van der Waals surface area contributed by atoms with E-state index in [0.717, 1.165) is 0 Å². The standard InChI is InChI=1S/C12H14FNO2/c1-9(6-7-15-2)16-12-5-3-4-11(13)10(12)8-14/h3-5,9H,6-7H2,1-2H3. The van der Waals surface area contributed by atoms with Gasteiger partial charge in [-0.1, -0.05) is 6.07 Å². The summed E-state index contributed by atoms with van der Waals surface area (Å²) in [4.78, 5) is 0. The fourth-order valence-corrected chi connectivity index (χ4v) is 1.27. The van der Waals surface area contributed by atoms with Crippen molar-refractivity contribution in [2.45, 2.75) is 19.4 Å². The summed E-state index contributed by atoms with van der Waals surface area (Å²) in [5.74, 6) is -0.273. The lowest BCUT2D eigenvalue weighted by atomic mass is 10.2. The van der Waals surface area contributed by atoms with Crippen LogP contribution in [0.25, 0.3) is 0 Å². The molecular formula is C12H14FNO2. The molecule has 86 valence electrons. The fourth-order valence-electron chi connectivity index (χ4n) is 1.27. The molecule has 0 fully saturated rings. The average molecular weight is 223 g/mol. The van der Waals surface area contributed by atoms with Gasteiger partial charge in [-0.2, -0.15) is 5.26 Å². The van der Waals surface area contributed by atoms with Gasteiger partial charge in [0.1, 0.15) is 23.2 Å². The van der Waals surface area contributed by atoms with Crippen LogP contribution in [0.2, 0.25) is 0 Å². The van der Waals surface area contributed by atoms with E-state index in [2.05, 4.69) is 0 Å². The summed E-state index contributed by atoms with van der Waals surface area (Å²) in [6, 6.07) is 6.15. The lowest BCUT2D eigenvalue weighted by molar-refractivity contribution is 0.135. The predicted octanol–water partition coefficient (Wildman–Crippen LogP) is 2.50. The number of nitriles is 1. The molecule has 4 heteroatoms. The minimum Gasteiger partial charge on any atom is -0.489 e. The molecule has 0 spiro atoms. The normalized spacial score (nSPS) is 11.9. The van der Waals surface area contributed by atoms with E-state index in [1.807, 2.05) is 6.92 Å². The van der Waals surface area contributed by atoms with Crippen LogP contribution < -0.4 is 4.74 Å². The minimum atomic E-state index is -0.557. The summed E-state index contributed by atoms with van der Waals surface area (Å²) in [5, 5.41) is 8.79. The van der Waals surface area contributed by atoms with Gasteiger partial charge in [0.25, 0.3) is 0 Å². The largest absolute Gasteiger partial charge is 0.489 e. The zero-order valence-corrected chi connectivity index (χ0v) is 9.37. The monoisotopic (exact) mass is 223 g/mol. The first-order chi connectivity index (χ1) is 7.69. The van der Waals surface area contributed by atoms with Gasteiger partial charge in [-0.05, 0) is 19.1 Å². The number of benzene rings is 1.